The molecule has 0 fully saturated rings. The molecule has 0 saturated heterocycles. The molecule has 3 rings (SSSR count). The monoisotopic (exact) mass is 498 g/mol. The number of carbonyl (C=O) groups excluding carboxylic acids is 1. The van der Waals surface area contributed by atoms with Crippen molar-refractivity contribution in [2.75, 3.05) is 7.11 Å². The normalized spacial score (nSPS) is 12.4. The maximum absolute atomic E-state index is 12.9. The first-order valence-electron chi connectivity index (χ1n) is 9.18. The largest absolute Gasteiger partial charge is 0.495 e. The smallest absolute Gasteiger partial charge is 0.251 e. The number of thiophene rings is 1. The van der Waals surface area contributed by atoms with E-state index in [0.717, 1.165) is 10.4 Å². The van der Waals surface area contributed by atoms with Crippen LogP contribution in [0.3, 0.4) is 0 Å². The van der Waals surface area contributed by atoms with E-state index in [2.05, 4.69) is 10.0 Å². The highest BCUT2D eigenvalue weighted by Gasteiger charge is 2.22. The minimum Gasteiger partial charge on any atom is -0.495 e. The van der Waals surface area contributed by atoms with Gasteiger partial charge in [0.2, 0.25) is 10.0 Å². The third kappa shape index (κ3) is 5.99. The summed E-state index contributed by atoms with van der Waals surface area (Å²) in [6.07, 6.45) is 0. The Balaban J connectivity index is 1.80. The Kier molecular flexibility index (Phi) is 7.61. The van der Waals surface area contributed by atoms with E-state index in [1.54, 1.807) is 30.3 Å². The van der Waals surface area contributed by atoms with Gasteiger partial charge in [0.05, 0.1) is 17.5 Å². The highest BCUT2D eigenvalue weighted by molar-refractivity contribution is 7.89. The van der Waals surface area contributed by atoms with Crippen LogP contribution in [0.2, 0.25) is 9.36 Å². The van der Waals surface area contributed by atoms with Crippen molar-refractivity contribution < 1.29 is 17.9 Å². The summed E-state index contributed by atoms with van der Waals surface area (Å²) in [4.78, 5) is 13.5. The molecule has 0 aliphatic rings. The van der Waals surface area contributed by atoms with E-state index in [4.69, 9.17) is 27.9 Å². The molecule has 1 aromatic heterocycles. The number of rotatable bonds is 8. The summed E-state index contributed by atoms with van der Waals surface area (Å²) >= 11 is 13.2. The number of carbonyl (C=O) groups is 1. The van der Waals surface area contributed by atoms with E-state index >= 15 is 0 Å². The molecule has 10 heteroatoms. The molecule has 0 aliphatic carbocycles. The van der Waals surface area contributed by atoms with Gasteiger partial charge >= 0.3 is 0 Å². The zero-order chi connectivity index (χ0) is 22.6. The van der Waals surface area contributed by atoms with Crippen LogP contribution in [0.5, 0.6) is 5.75 Å². The van der Waals surface area contributed by atoms with Crippen LogP contribution in [-0.2, 0) is 16.6 Å². The molecule has 0 aliphatic heterocycles. The van der Waals surface area contributed by atoms with Crippen molar-refractivity contribution in [3.8, 4) is 5.75 Å². The van der Waals surface area contributed by atoms with Crippen LogP contribution in [0, 0.1) is 0 Å². The topological polar surface area (TPSA) is 84.5 Å². The number of sulfonamides is 1. The summed E-state index contributed by atoms with van der Waals surface area (Å²) in [5, 5.41) is 3.41. The number of methoxy groups -OCH3 is 1. The molecule has 6 nitrogen and oxygen atoms in total. The second-order valence-electron chi connectivity index (χ2n) is 6.65. The fraction of sp³-hybridized carbons (Fsp3) is 0.190. The van der Waals surface area contributed by atoms with E-state index in [1.807, 2.05) is 13.0 Å². The summed E-state index contributed by atoms with van der Waals surface area (Å²) in [6.45, 7) is 1.89. The van der Waals surface area contributed by atoms with Crippen LogP contribution in [0.15, 0.2) is 59.5 Å². The summed E-state index contributed by atoms with van der Waals surface area (Å²) in [5.41, 5.74) is 0.937. The molecule has 2 N–H and O–H groups in total. The van der Waals surface area contributed by atoms with Gasteiger partial charge in [0.1, 0.15) is 10.6 Å². The van der Waals surface area contributed by atoms with Crippen LogP contribution >= 0.6 is 34.5 Å². The molecule has 1 amide bonds. The van der Waals surface area contributed by atoms with Gasteiger partial charge in [0.15, 0.2) is 0 Å². The van der Waals surface area contributed by atoms with Gasteiger partial charge in [-0.15, -0.1) is 11.3 Å². The van der Waals surface area contributed by atoms with Crippen molar-refractivity contribution in [2.45, 2.75) is 24.4 Å². The first-order chi connectivity index (χ1) is 14.7. The number of amides is 1. The van der Waals surface area contributed by atoms with Crippen molar-refractivity contribution in [2.24, 2.45) is 0 Å². The number of hydrogen-bond acceptors (Lipinski definition) is 5. The van der Waals surface area contributed by atoms with E-state index in [-0.39, 0.29) is 28.8 Å². The molecule has 0 radical (unpaired) electrons. The van der Waals surface area contributed by atoms with Crippen molar-refractivity contribution >= 4 is 50.5 Å². The maximum atomic E-state index is 12.9. The Morgan fingerprint density at radius 2 is 1.81 bits per heavy atom. The molecule has 3 aromatic rings. The Morgan fingerprint density at radius 1 is 1.10 bits per heavy atom. The molecule has 164 valence electrons. The predicted octanol–water partition coefficient (Wildman–Crippen LogP) is 5.03. The lowest BCUT2D eigenvalue weighted by molar-refractivity contribution is 0.0940. The molecule has 0 saturated carbocycles. The maximum Gasteiger partial charge on any atom is 0.251 e. The fourth-order valence-electron chi connectivity index (χ4n) is 2.80. The lowest BCUT2D eigenvalue weighted by Gasteiger charge is -2.15. The molecular formula is C21H20Cl2N2O4S2. The minimum absolute atomic E-state index is 0.0647. The average molecular weight is 499 g/mol. The van der Waals surface area contributed by atoms with Gasteiger partial charge in [-0.05, 0) is 55.0 Å². The van der Waals surface area contributed by atoms with Gasteiger partial charge in [-0.2, -0.15) is 0 Å². The van der Waals surface area contributed by atoms with Crippen LogP contribution in [0.4, 0.5) is 0 Å². The number of benzene rings is 2. The summed E-state index contributed by atoms with van der Waals surface area (Å²) in [7, 11) is -2.58. The van der Waals surface area contributed by atoms with Crippen LogP contribution in [0.1, 0.15) is 33.8 Å². The number of ether oxygens (including phenoxy) is 1. The van der Waals surface area contributed by atoms with Crippen molar-refractivity contribution in [1.82, 2.24) is 10.0 Å². The zero-order valence-electron chi connectivity index (χ0n) is 16.7. The lowest BCUT2D eigenvalue weighted by atomic mass is 10.2. The standard InChI is InChI=1S/C21H20Cl2N2O4S2/c1-13(18-9-10-20(23)30-18)25-21(26)15-5-8-17(29-2)19(11-15)31(27,28)24-12-14-3-6-16(22)7-4-14/h3-11,13,24H,12H2,1-2H3,(H,25,26). The van der Waals surface area contributed by atoms with Crippen LogP contribution in [-0.4, -0.2) is 21.4 Å². The number of nitrogens with one attached hydrogen (secondary N) is 2. The molecule has 2 aromatic carbocycles. The fourth-order valence-corrected chi connectivity index (χ4v) is 5.20. The quantitative estimate of drug-likeness (QED) is 0.455. The van der Waals surface area contributed by atoms with E-state index < -0.39 is 15.9 Å². The summed E-state index contributed by atoms with van der Waals surface area (Å²) in [6, 6.07) is 14.4. The number of halogens is 2. The Labute approximate surface area is 195 Å². The van der Waals surface area contributed by atoms with Gasteiger partial charge in [0, 0.05) is 22.0 Å². The Bertz CT molecular complexity index is 1180. The zero-order valence-corrected chi connectivity index (χ0v) is 19.8. The third-order valence-electron chi connectivity index (χ3n) is 4.46. The highest BCUT2D eigenvalue weighted by atomic mass is 35.5. The van der Waals surface area contributed by atoms with Gasteiger partial charge in [0.25, 0.3) is 5.91 Å². The van der Waals surface area contributed by atoms with E-state index in [1.165, 1.54) is 36.6 Å². The average Bonchev–Trinajstić information content (AvgIpc) is 3.19. The summed E-state index contributed by atoms with van der Waals surface area (Å²) in [5.74, 6) is -0.271. The second-order valence-corrected chi connectivity index (χ2v) is 10.6. The van der Waals surface area contributed by atoms with Crippen molar-refractivity contribution in [3.63, 3.8) is 0 Å². The minimum atomic E-state index is -3.95. The van der Waals surface area contributed by atoms with Crippen LogP contribution in [0.25, 0.3) is 0 Å². The molecule has 1 unspecified atom stereocenters. The van der Waals surface area contributed by atoms with Crippen molar-refractivity contribution in [1.29, 1.82) is 0 Å². The third-order valence-corrected chi connectivity index (χ3v) is 7.55. The van der Waals surface area contributed by atoms with Gasteiger partial charge in [-0.3, -0.25) is 4.79 Å². The SMILES string of the molecule is COc1ccc(C(=O)NC(C)c2ccc(Cl)s2)cc1S(=O)(=O)NCc1ccc(Cl)cc1. The van der Waals surface area contributed by atoms with E-state index in [9.17, 15) is 13.2 Å². The van der Waals surface area contributed by atoms with Gasteiger partial charge < -0.3 is 10.1 Å². The Hall–Kier alpha value is -2.10. The molecule has 0 spiro atoms. The molecule has 31 heavy (non-hydrogen) atoms. The van der Waals surface area contributed by atoms with Gasteiger partial charge in [-0.1, -0.05) is 35.3 Å². The number of hydrogen-bond donors (Lipinski definition) is 2. The first-order valence-corrected chi connectivity index (χ1v) is 12.2. The highest BCUT2D eigenvalue weighted by Crippen LogP contribution is 2.28. The summed E-state index contributed by atoms with van der Waals surface area (Å²) < 4.78 is 34.2. The van der Waals surface area contributed by atoms with Crippen LogP contribution < -0.4 is 14.8 Å². The predicted molar refractivity (Wildman–Crippen MR) is 124 cm³/mol. The first kappa shape index (κ1) is 23.6. The lowest BCUT2D eigenvalue weighted by Crippen LogP contribution is -2.27. The van der Waals surface area contributed by atoms with Gasteiger partial charge in [-0.25, -0.2) is 13.1 Å². The van der Waals surface area contributed by atoms with E-state index in [0.29, 0.717) is 9.36 Å². The molecule has 0 bridgehead atoms. The second kappa shape index (κ2) is 10.0. The molecule has 1 heterocycles. The van der Waals surface area contributed by atoms with Crippen molar-refractivity contribution in [3.05, 3.63) is 80.0 Å². The molecular weight excluding hydrogens is 479 g/mol. The molecule has 1 atom stereocenters. The Morgan fingerprint density at radius 3 is 2.42 bits per heavy atom.